The van der Waals surface area contributed by atoms with Crippen LogP contribution in [0.3, 0.4) is 0 Å². The number of ether oxygens (including phenoxy) is 1. The van der Waals surface area contributed by atoms with Crippen LogP contribution in [0.4, 0.5) is 10.9 Å². The number of carbonyl (C=O) groups is 1. The van der Waals surface area contributed by atoms with E-state index in [4.69, 9.17) is 16.3 Å². The predicted molar refractivity (Wildman–Crippen MR) is 99.7 cm³/mol. The lowest BCUT2D eigenvalue weighted by Crippen LogP contribution is -2.18. The molecule has 0 unspecified atom stereocenters. The molecule has 2 aromatic heterocycles. The Kier molecular flexibility index (Phi) is 5.34. The van der Waals surface area contributed by atoms with Crippen LogP contribution < -0.4 is 9.64 Å². The quantitative estimate of drug-likeness (QED) is 0.637. The lowest BCUT2D eigenvalue weighted by Gasteiger charge is -2.21. The summed E-state index contributed by atoms with van der Waals surface area (Å²) in [6, 6.07) is 9.19. The number of methoxy groups -OCH3 is 1. The first-order chi connectivity index (χ1) is 12.5. The van der Waals surface area contributed by atoms with Crippen LogP contribution in [0.25, 0.3) is 0 Å². The van der Waals surface area contributed by atoms with Gasteiger partial charge in [0.1, 0.15) is 27.4 Å². The van der Waals surface area contributed by atoms with Crippen molar-refractivity contribution in [2.24, 2.45) is 0 Å². The number of carboxylic acids is 1. The minimum absolute atomic E-state index is 0.150. The smallest absolute Gasteiger partial charge is 0.347 e. The summed E-state index contributed by atoms with van der Waals surface area (Å²) < 4.78 is 5.18. The van der Waals surface area contributed by atoms with Crippen LogP contribution in [0.1, 0.15) is 21.1 Å². The number of aromatic carboxylic acids is 1. The number of thiazole rings is 1. The zero-order valence-corrected chi connectivity index (χ0v) is 15.6. The van der Waals surface area contributed by atoms with E-state index in [9.17, 15) is 9.90 Å². The summed E-state index contributed by atoms with van der Waals surface area (Å²) in [5, 5.41) is 9.99. The predicted octanol–water partition coefficient (Wildman–Crippen LogP) is 3.94. The lowest BCUT2D eigenvalue weighted by atomic mass is 10.2. The van der Waals surface area contributed by atoms with Gasteiger partial charge in [-0.25, -0.2) is 19.7 Å². The Morgan fingerprint density at radius 1 is 1.31 bits per heavy atom. The van der Waals surface area contributed by atoms with Gasteiger partial charge in [0.15, 0.2) is 5.13 Å². The summed E-state index contributed by atoms with van der Waals surface area (Å²) in [5.41, 5.74) is 0.977. The van der Waals surface area contributed by atoms with Crippen molar-refractivity contribution in [2.45, 2.75) is 13.5 Å². The van der Waals surface area contributed by atoms with Gasteiger partial charge in [0, 0.05) is 6.07 Å². The van der Waals surface area contributed by atoms with Gasteiger partial charge in [0.2, 0.25) is 0 Å². The van der Waals surface area contributed by atoms with E-state index in [-0.39, 0.29) is 4.88 Å². The zero-order chi connectivity index (χ0) is 18.7. The number of hydrogen-bond acceptors (Lipinski definition) is 7. The topological polar surface area (TPSA) is 88.4 Å². The van der Waals surface area contributed by atoms with E-state index in [0.29, 0.717) is 28.5 Å². The Morgan fingerprint density at radius 2 is 2.04 bits per heavy atom. The number of hydrogen-bond donors (Lipinski definition) is 1. The van der Waals surface area contributed by atoms with Crippen LogP contribution in [-0.4, -0.2) is 33.1 Å². The van der Waals surface area contributed by atoms with Gasteiger partial charge >= 0.3 is 5.97 Å². The molecular formula is C17H15ClN4O3S. The molecule has 9 heteroatoms. The number of halogens is 1. The van der Waals surface area contributed by atoms with Crippen molar-refractivity contribution in [3.8, 4) is 5.75 Å². The molecule has 0 aliphatic heterocycles. The largest absolute Gasteiger partial charge is 0.497 e. The van der Waals surface area contributed by atoms with Crippen LogP contribution in [0.2, 0.25) is 5.15 Å². The van der Waals surface area contributed by atoms with Crippen molar-refractivity contribution in [3.05, 3.63) is 57.9 Å². The monoisotopic (exact) mass is 390 g/mol. The van der Waals surface area contributed by atoms with E-state index < -0.39 is 5.97 Å². The maximum atomic E-state index is 11.2. The van der Waals surface area contributed by atoms with Gasteiger partial charge in [-0.1, -0.05) is 35.1 Å². The molecule has 3 rings (SSSR count). The van der Waals surface area contributed by atoms with Crippen LogP contribution in [0, 0.1) is 6.92 Å². The Bertz CT molecular complexity index is 910. The average molecular weight is 391 g/mol. The number of anilines is 2. The first-order valence-corrected chi connectivity index (χ1v) is 8.76. The fraction of sp³-hybridized carbons (Fsp3) is 0.176. The third-order valence-electron chi connectivity index (χ3n) is 3.50. The number of aromatic nitrogens is 3. The molecule has 0 aliphatic rings. The van der Waals surface area contributed by atoms with Crippen LogP contribution >= 0.6 is 22.9 Å². The second-order valence-corrected chi connectivity index (χ2v) is 6.74. The minimum atomic E-state index is -1.02. The van der Waals surface area contributed by atoms with Crippen molar-refractivity contribution in [1.82, 2.24) is 15.0 Å². The molecule has 3 aromatic rings. The molecule has 1 N–H and O–H groups in total. The van der Waals surface area contributed by atoms with Crippen LogP contribution in [0.15, 0.2) is 36.5 Å². The second kappa shape index (κ2) is 7.67. The number of aryl methyl sites for hydroxylation is 1. The van der Waals surface area contributed by atoms with Crippen molar-refractivity contribution < 1.29 is 14.6 Å². The molecule has 2 heterocycles. The van der Waals surface area contributed by atoms with E-state index in [2.05, 4.69) is 15.0 Å². The minimum Gasteiger partial charge on any atom is -0.497 e. The maximum Gasteiger partial charge on any atom is 0.347 e. The number of nitrogens with zero attached hydrogens (tertiary/aromatic N) is 4. The standard InChI is InChI=1S/C17H15ClN4O3S/c1-10-20-14(18)7-15(21-10)22(17-19-8-13(26-17)16(23)24)9-11-3-5-12(25-2)6-4-11/h3-8H,9H2,1-2H3,(H,23,24). The van der Waals surface area contributed by atoms with E-state index in [1.165, 1.54) is 6.20 Å². The SMILES string of the molecule is COc1ccc(CN(c2cc(Cl)nc(C)n2)c2ncc(C(=O)O)s2)cc1. The second-order valence-electron chi connectivity index (χ2n) is 5.34. The maximum absolute atomic E-state index is 11.2. The molecule has 0 amide bonds. The Hall–Kier alpha value is -2.71. The summed E-state index contributed by atoms with van der Waals surface area (Å²) in [4.78, 5) is 25.9. The summed E-state index contributed by atoms with van der Waals surface area (Å²) in [7, 11) is 1.61. The number of carboxylic acid groups (broad SMARTS) is 1. The van der Waals surface area contributed by atoms with E-state index >= 15 is 0 Å². The summed E-state index contributed by atoms with van der Waals surface area (Å²) >= 11 is 7.14. The molecule has 0 saturated heterocycles. The molecular weight excluding hydrogens is 376 g/mol. The summed E-state index contributed by atoms with van der Waals surface area (Å²) in [6.45, 7) is 2.18. The average Bonchev–Trinajstić information content (AvgIpc) is 3.09. The molecule has 0 aliphatic carbocycles. The molecule has 0 atom stereocenters. The van der Waals surface area contributed by atoms with Crippen molar-refractivity contribution >= 4 is 39.9 Å². The molecule has 0 saturated carbocycles. The molecule has 0 bridgehead atoms. The van der Waals surface area contributed by atoms with Gasteiger partial charge in [0.25, 0.3) is 0 Å². The Balaban J connectivity index is 2.00. The molecule has 0 fully saturated rings. The Morgan fingerprint density at radius 3 is 2.62 bits per heavy atom. The van der Waals surface area contributed by atoms with Crippen molar-refractivity contribution in [3.63, 3.8) is 0 Å². The number of rotatable bonds is 6. The lowest BCUT2D eigenvalue weighted by molar-refractivity contribution is 0.0702. The highest BCUT2D eigenvalue weighted by Gasteiger charge is 2.19. The fourth-order valence-corrected chi connectivity index (χ4v) is 3.29. The first kappa shape index (κ1) is 18.1. The summed E-state index contributed by atoms with van der Waals surface area (Å²) in [6.07, 6.45) is 1.33. The van der Waals surface area contributed by atoms with E-state index in [1.54, 1.807) is 25.0 Å². The van der Waals surface area contributed by atoms with Gasteiger partial charge in [0.05, 0.1) is 19.9 Å². The highest BCUT2D eigenvalue weighted by Crippen LogP contribution is 2.31. The van der Waals surface area contributed by atoms with Crippen LogP contribution in [-0.2, 0) is 6.54 Å². The van der Waals surface area contributed by atoms with Gasteiger partial charge in [-0.05, 0) is 24.6 Å². The Labute approximate surface area is 158 Å². The number of benzene rings is 1. The van der Waals surface area contributed by atoms with Gasteiger partial charge in [-0.15, -0.1) is 0 Å². The summed E-state index contributed by atoms with van der Waals surface area (Å²) in [5.74, 6) is 0.797. The molecule has 0 spiro atoms. The van der Waals surface area contributed by atoms with Gasteiger partial charge < -0.3 is 9.84 Å². The molecule has 134 valence electrons. The van der Waals surface area contributed by atoms with Gasteiger partial charge in [-0.2, -0.15) is 0 Å². The van der Waals surface area contributed by atoms with E-state index in [1.807, 2.05) is 24.3 Å². The first-order valence-electron chi connectivity index (χ1n) is 7.57. The molecule has 1 aromatic carbocycles. The third kappa shape index (κ3) is 4.09. The van der Waals surface area contributed by atoms with Crippen molar-refractivity contribution in [1.29, 1.82) is 0 Å². The fourth-order valence-electron chi connectivity index (χ4n) is 2.30. The van der Waals surface area contributed by atoms with E-state index in [0.717, 1.165) is 22.6 Å². The molecule has 26 heavy (non-hydrogen) atoms. The highest BCUT2D eigenvalue weighted by atomic mass is 35.5. The normalized spacial score (nSPS) is 10.6. The zero-order valence-electron chi connectivity index (χ0n) is 14.0. The third-order valence-corrected chi connectivity index (χ3v) is 4.71. The molecule has 7 nitrogen and oxygen atoms in total. The van der Waals surface area contributed by atoms with Gasteiger partial charge in [-0.3, -0.25) is 4.90 Å². The molecule has 0 radical (unpaired) electrons. The highest BCUT2D eigenvalue weighted by molar-refractivity contribution is 7.17. The van der Waals surface area contributed by atoms with Crippen LogP contribution in [0.5, 0.6) is 5.75 Å². The van der Waals surface area contributed by atoms with Crippen molar-refractivity contribution in [2.75, 3.05) is 12.0 Å².